The van der Waals surface area contributed by atoms with E-state index >= 15 is 0 Å². The Balaban J connectivity index is 2.08. The molecule has 1 atom stereocenters. The normalized spacial score (nSPS) is 22.0. The summed E-state index contributed by atoms with van der Waals surface area (Å²) in [5, 5.41) is 0.877. The van der Waals surface area contributed by atoms with E-state index in [0.717, 1.165) is 10.0 Å². The zero-order valence-corrected chi connectivity index (χ0v) is 10.7. The summed E-state index contributed by atoms with van der Waals surface area (Å²) in [7, 11) is -2.82. The average molecular weight is 261 g/mol. The standard InChI is InChI=1S/C9H15N3O2S2/c1-7(10)8-6-11-9(15-8)12-2-4-16(13,14)5-3-12/h6-7H,2-5,10H2,1H3. The number of hydrogen-bond donors (Lipinski definition) is 1. The Hall–Kier alpha value is -0.660. The summed E-state index contributed by atoms with van der Waals surface area (Å²) in [6.45, 7) is 2.99. The highest BCUT2D eigenvalue weighted by Crippen LogP contribution is 2.26. The van der Waals surface area contributed by atoms with E-state index in [1.54, 1.807) is 17.5 Å². The van der Waals surface area contributed by atoms with Crippen molar-refractivity contribution >= 4 is 26.3 Å². The van der Waals surface area contributed by atoms with Gasteiger partial charge >= 0.3 is 0 Å². The molecule has 0 bridgehead atoms. The van der Waals surface area contributed by atoms with Crippen LogP contribution in [0.15, 0.2) is 6.20 Å². The third-order valence-electron chi connectivity index (χ3n) is 2.58. The second-order valence-electron chi connectivity index (χ2n) is 3.97. The van der Waals surface area contributed by atoms with Crippen LogP contribution < -0.4 is 10.6 Å². The van der Waals surface area contributed by atoms with Gasteiger partial charge in [0.15, 0.2) is 15.0 Å². The maximum absolute atomic E-state index is 11.3. The Morgan fingerprint density at radius 2 is 2.12 bits per heavy atom. The number of nitrogens with two attached hydrogens (primary N) is 1. The van der Waals surface area contributed by atoms with Gasteiger partial charge in [-0.2, -0.15) is 0 Å². The molecule has 2 rings (SSSR count). The van der Waals surface area contributed by atoms with Crippen LogP contribution >= 0.6 is 11.3 Å². The molecule has 7 heteroatoms. The van der Waals surface area contributed by atoms with Crippen LogP contribution in [-0.2, 0) is 9.84 Å². The molecule has 90 valence electrons. The summed E-state index contributed by atoms with van der Waals surface area (Å²) in [6.07, 6.45) is 1.77. The van der Waals surface area contributed by atoms with Gasteiger partial charge in [-0.25, -0.2) is 13.4 Å². The number of anilines is 1. The van der Waals surface area contributed by atoms with Gasteiger partial charge in [0.1, 0.15) is 0 Å². The molecule has 1 aliphatic heterocycles. The summed E-state index contributed by atoms with van der Waals surface area (Å²) < 4.78 is 22.6. The molecule has 16 heavy (non-hydrogen) atoms. The summed E-state index contributed by atoms with van der Waals surface area (Å²) in [5.41, 5.74) is 5.76. The van der Waals surface area contributed by atoms with Crippen LogP contribution in [0.2, 0.25) is 0 Å². The molecule has 0 saturated carbocycles. The Bertz CT molecular complexity index is 453. The van der Waals surface area contributed by atoms with E-state index in [1.165, 1.54) is 0 Å². The zero-order chi connectivity index (χ0) is 11.8. The van der Waals surface area contributed by atoms with Crippen molar-refractivity contribution in [2.45, 2.75) is 13.0 Å². The van der Waals surface area contributed by atoms with E-state index in [9.17, 15) is 8.42 Å². The number of sulfone groups is 1. The quantitative estimate of drug-likeness (QED) is 0.834. The van der Waals surface area contributed by atoms with Crippen LogP contribution in [0.3, 0.4) is 0 Å². The van der Waals surface area contributed by atoms with E-state index in [4.69, 9.17) is 5.73 Å². The first kappa shape index (κ1) is 11.8. The Kier molecular flexibility index (Phi) is 3.18. The fraction of sp³-hybridized carbons (Fsp3) is 0.667. The van der Waals surface area contributed by atoms with Crippen molar-refractivity contribution in [2.24, 2.45) is 5.73 Å². The molecule has 1 fully saturated rings. The minimum absolute atomic E-state index is 0.0141. The monoisotopic (exact) mass is 261 g/mol. The van der Waals surface area contributed by atoms with E-state index in [-0.39, 0.29) is 17.5 Å². The molecule has 0 radical (unpaired) electrons. The first-order valence-electron chi connectivity index (χ1n) is 5.14. The van der Waals surface area contributed by atoms with Crippen molar-refractivity contribution in [2.75, 3.05) is 29.5 Å². The summed E-state index contributed by atoms with van der Waals surface area (Å²) >= 11 is 1.54. The van der Waals surface area contributed by atoms with Crippen LogP contribution in [0.1, 0.15) is 17.8 Å². The number of aromatic nitrogens is 1. The zero-order valence-electron chi connectivity index (χ0n) is 9.09. The third-order valence-corrected chi connectivity index (χ3v) is 5.44. The van der Waals surface area contributed by atoms with Gasteiger partial charge in [-0.1, -0.05) is 0 Å². The van der Waals surface area contributed by atoms with Crippen molar-refractivity contribution in [3.05, 3.63) is 11.1 Å². The highest BCUT2D eigenvalue weighted by Gasteiger charge is 2.23. The van der Waals surface area contributed by atoms with Gasteiger partial charge in [0.2, 0.25) is 0 Å². The van der Waals surface area contributed by atoms with Crippen LogP contribution in [0, 0.1) is 0 Å². The van der Waals surface area contributed by atoms with Gasteiger partial charge < -0.3 is 10.6 Å². The Labute approximate surface area is 99.2 Å². The number of hydrogen-bond acceptors (Lipinski definition) is 6. The number of thiazole rings is 1. The summed E-state index contributed by atoms with van der Waals surface area (Å²) in [4.78, 5) is 7.32. The molecule has 1 aromatic heterocycles. The molecule has 1 saturated heterocycles. The number of rotatable bonds is 2. The molecular formula is C9H15N3O2S2. The van der Waals surface area contributed by atoms with Crippen LogP contribution in [0.4, 0.5) is 5.13 Å². The van der Waals surface area contributed by atoms with Crippen molar-refractivity contribution in [3.63, 3.8) is 0 Å². The van der Waals surface area contributed by atoms with Crippen LogP contribution in [-0.4, -0.2) is 38.0 Å². The van der Waals surface area contributed by atoms with E-state index in [2.05, 4.69) is 4.98 Å². The largest absolute Gasteiger partial charge is 0.346 e. The molecule has 0 aliphatic carbocycles. The Morgan fingerprint density at radius 1 is 1.50 bits per heavy atom. The highest BCUT2D eigenvalue weighted by atomic mass is 32.2. The molecule has 1 aromatic rings. The lowest BCUT2D eigenvalue weighted by Gasteiger charge is -2.25. The lowest BCUT2D eigenvalue weighted by molar-refractivity contribution is 0.586. The van der Waals surface area contributed by atoms with Gasteiger partial charge in [0.25, 0.3) is 0 Å². The lowest BCUT2D eigenvalue weighted by Crippen LogP contribution is -2.40. The average Bonchev–Trinajstić information content (AvgIpc) is 2.66. The molecule has 5 nitrogen and oxygen atoms in total. The molecule has 1 aliphatic rings. The van der Waals surface area contributed by atoms with Gasteiger partial charge in [0, 0.05) is 30.2 Å². The minimum atomic E-state index is -2.82. The van der Waals surface area contributed by atoms with Crippen molar-refractivity contribution in [1.82, 2.24) is 4.98 Å². The predicted octanol–water partition coefficient (Wildman–Crippen LogP) is 0.398. The van der Waals surface area contributed by atoms with Gasteiger partial charge in [-0.05, 0) is 6.92 Å². The Morgan fingerprint density at radius 3 is 2.62 bits per heavy atom. The first-order valence-corrected chi connectivity index (χ1v) is 7.78. The topological polar surface area (TPSA) is 76.3 Å². The smallest absolute Gasteiger partial charge is 0.185 e. The van der Waals surface area contributed by atoms with Gasteiger partial charge in [-0.15, -0.1) is 11.3 Å². The van der Waals surface area contributed by atoms with Crippen LogP contribution in [0.5, 0.6) is 0 Å². The molecular weight excluding hydrogens is 246 g/mol. The molecule has 2 heterocycles. The van der Waals surface area contributed by atoms with Gasteiger partial charge in [0.05, 0.1) is 11.5 Å². The molecule has 2 N–H and O–H groups in total. The maximum atomic E-state index is 11.3. The minimum Gasteiger partial charge on any atom is -0.346 e. The second-order valence-corrected chi connectivity index (χ2v) is 7.32. The highest BCUT2D eigenvalue weighted by molar-refractivity contribution is 7.91. The summed E-state index contributed by atoms with van der Waals surface area (Å²) in [5.74, 6) is 0.445. The second kappa shape index (κ2) is 4.31. The van der Waals surface area contributed by atoms with Crippen molar-refractivity contribution in [3.8, 4) is 0 Å². The first-order chi connectivity index (χ1) is 7.48. The predicted molar refractivity (Wildman–Crippen MR) is 65.6 cm³/mol. The molecule has 0 aromatic carbocycles. The fourth-order valence-electron chi connectivity index (χ4n) is 1.54. The van der Waals surface area contributed by atoms with Crippen LogP contribution in [0.25, 0.3) is 0 Å². The molecule has 0 spiro atoms. The third kappa shape index (κ3) is 2.53. The number of nitrogens with zero attached hydrogens (tertiary/aromatic N) is 2. The maximum Gasteiger partial charge on any atom is 0.185 e. The summed E-state index contributed by atoms with van der Waals surface area (Å²) in [6, 6.07) is -0.0141. The van der Waals surface area contributed by atoms with E-state index < -0.39 is 9.84 Å². The van der Waals surface area contributed by atoms with E-state index in [1.807, 2.05) is 11.8 Å². The van der Waals surface area contributed by atoms with Gasteiger partial charge in [-0.3, -0.25) is 0 Å². The lowest BCUT2D eigenvalue weighted by atomic mass is 10.3. The fourth-order valence-corrected chi connectivity index (χ4v) is 3.66. The molecule has 1 unspecified atom stereocenters. The SMILES string of the molecule is CC(N)c1cnc(N2CCS(=O)(=O)CC2)s1. The molecule has 0 amide bonds. The van der Waals surface area contributed by atoms with Crippen molar-refractivity contribution in [1.29, 1.82) is 0 Å². The van der Waals surface area contributed by atoms with Crippen molar-refractivity contribution < 1.29 is 8.42 Å². The van der Waals surface area contributed by atoms with E-state index in [0.29, 0.717) is 13.1 Å².